The van der Waals surface area contributed by atoms with Crippen molar-refractivity contribution < 1.29 is 14.6 Å². The Morgan fingerprint density at radius 2 is 2.17 bits per heavy atom. The molecule has 5 heteroatoms. The molecular formula is C13H18BrNO3. The fraction of sp³-hybridized carbons (Fsp3) is 0.462. The standard InChI is InChI=1S/C13H18BrNO3/c1-13(2,12(16)17)15(3)7-8-18-11-6-4-5-10(14)9-11/h4-6,9H,7-8H2,1-3H3,(H,16,17). The average Bonchev–Trinajstić information content (AvgIpc) is 2.28. The van der Waals surface area contributed by atoms with Crippen LogP contribution in [0.2, 0.25) is 0 Å². The minimum absolute atomic E-state index is 0.448. The van der Waals surface area contributed by atoms with E-state index in [0.29, 0.717) is 13.2 Å². The van der Waals surface area contributed by atoms with E-state index >= 15 is 0 Å². The number of halogens is 1. The van der Waals surface area contributed by atoms with Gasteiger partial charge in [0.15, 0.2) is 0 Å². The molecule has 1 rings (SSSR count). The lowest BCUT2D eigenvalue weighted by molar-refractivity contribution is -0.148. The van der Waals surface area contributed by atoms with E-state index in [4.69, 9.17) is 9.84 Å². The number of hydrogen-bond acceptors (Lipinski definition) is 3. The van der Waals surface area contributed by atoms with Crippen molar-refractivity contribution in [2.75, 3.05) is 20.2 Å². The highest BCUT2D eigenvalue weighted by Gasteiger charge is 2.31. The average molecular weight is 316 g/mol. The van der Waals surface area contributed by atoms with E-state index in [1.807, 2.05) is 24.3 Å². The number of carboxylic acids is 1. The predicted molar refractivity (Wildman–Crippen MR) is 74.0 cm³/mol. The number of aliphatic carboxylic acids is 1. The maximum Gasteiger partial charge on any atom is 0.323 e. The molecule has 18 heavy (non-hydrogen) atoms. The summed E-state index contributed by atoms with van der Waals surface area (Å²) in [7, 11) is 1.78. The molecule has 0 saturated heterocycles. The van der Waals surface area contributed by atoms with Crippen LogP contribution in [0.5, 0.6) is 5.75 Å². The Bertz CT molecular complexity index is 420. The second-order valence-corrected chi connectivity index (χ2v) is 5.51. The van der Waals surface area contributed by atoms with Gasteiger partial charge in [-0.25, -0.2) is 0 Å². The molecule has 1 aromatic carbocycles. The Hall–Kier alpha value is -1.07. The zero-order valence-corrected chi connectivity index (χ0v) is 12.4. The Kier molecular flexibility index (Phi) is 5.16. The number of carbonyl (C=O) groups is 1. The molecule has 0 aliphatic heterocycles. The van der Waals surface area contributed by atoms with E-state index in [9.17, 15) is 4.79 Å². The van der Waals surface area contributed by atoms with Gasteiger partial charge < -0.3 is 9.84 Å². The molecule has 0 heterocycles. The number of rotatable bonds is 6. The summed E-state index contributed by atoms with van der Waals surface area (Å²) in [5.74, 6) is -0.0710. The summed E-state index contributed by atoms with van der Waals surface area (Å²) in [5.41, 5.74) is -0.888. The van der Waals surface area contributed by atoms with Gasteiger partial charge in [0.1, 0.15) is 17.9 Å². The first-order chi connectivity index (χ1) is 8.34. The summed E-state index contributed by atoms with van der Waals surface area (Å²) >= 11 is 3.37. The summed E-state index contributed by atoms with van der Waals surface area (Å²) < 4.78 is 6.53. The summed E-state index contributed by atoms with van der Waals surface area (Å²) in [6.45, 7) is 4.35. The smallest absolute Gasteiger partial charge is 0.323 e. The Morgan fingerprint density at radius 1 is 1.50 bits per heavy atom. The van der Waals surface area contributed by atoms with Crippen molar-refractivity contribution in [2.45, 2.75) is 19.4 Å². The summed E-state index contributed by atoms with van der Waals surface area (Å²) in [4.78, 5) is 12.8. The normalized spacial score (nSPS) is 11.6. The number of ether oxygens (including phenoxy) is 1. The lowest BCUT2D eigenvalue weighted by atomic mass is 10.0. The lowest BCUT2D eigenvalue weighted by Crippen LogP contribution is -2.49. The van der Waals surface area contributed by atoms with Crippen molar-refractivity contribution in [3.63, 3.8) is 0 Å². The first-order valence-corrected chi connectivity index (χ1v) is 6.46. The molecule has 0 aliphatic carbocycles. The molecule has 0 radical (unpaired) electrons. The summed E-state index contributed by atoms with van der Waals surface area (Å²) in [6.07, 6.45) is 0. The highest BCUT2D eigenvalue weighted by atomic mass is 79.9. The predicted octanol–water partition coefficient (Wildman–Crippen LogP) is 2.62. The minimum atomic E-state index is -0.888. The topological polar surface area (TPSA) is 49.8 Å². The fourth-order valence-corrected chi connectivity index (χ4v) is 1.68. The van der Waals surface area contributed by atoms with Crippen molar-refractivity contribution in [3.8, 4) is 5.75 Å². The fourth-order valence-electron chi connectivity index (χ4n) is 1.30. The summed E-state index contributed by atoms with van der Waals surface area (Å²) in [5, 5.41) is 9.08. The highest BCUT2D eigenvalue weighted by molar-refractivity contribution is 9.10. The van der Waals surface area contributed by atoms with Crippen molar-refractivity contribution in [1.29, 1.82) is 0 Å². The number of hydrogen-bond donors (Lipinski definition) is 1. The van der Waals surface area contributed by atoms with Gasteiger partial charge in [0.25, 0.3) is 0 Å². The van der Waals surface area contributed by atoms with Gasteiger partial charge in [-0.15, -0.1) is 0 Å². The molecule has 0 fully saturated rings. The van der Waals surface area contributed by atoms with E-state index in [1.54, 1.807) is 25.8 Å². The van der Waals surface area contributed by atoms with Gasteiger partial charge in [0.05, 0.1) is 0 Å². The minimum Gasteiger partial charge on any atom is -0.492 e. The van der Waals surface area contributed by atoms with Crippen LogP contribution in [0.25, 0.3) is 0 Å². The van der Waals surface area contributed by atoms with Crippen LogP contribution in [-0.4, -0.2) is 41.7 Å². The molecule has 0 amide bonds. The van der Waals surface area contributed by atoms with Gasteiger partial charge in [-0.05, 0) is 39.1 Å². The summed E-state index contributed by atoms with van der Waals surface area (Å²) in [6, 6.07) is 7.56. The van der Waals surface area contributed by atoms with Gasteiger partial charge >= 0.3 is 5.97 Å². The molecule has 0 atom stereocenters. The van der Waals surface area contributed by atoms with Gasteiger partial charge in [0, 0.05) is 11.0 Å². The van der Waals surface area contributed by atoms with Gasteiger partial charge in [-0.1, -0.05) is 22.0 Å². The maximum absolute atomic E-state index is 11.1. The van der Waals surface area contributed by atoms with Gasteiger partial charge in [-0.2, -0.15) is 0 Å². The lowest BCUT2D eigenvalue weighted by Gasteiger charge is -2.31. The zero-order chi connectivity index (χ0) is 13.8. The first-order valence-electron chi connectivity index (χ1n) is 5.67. The third-order valence-electron chi connectivity index (χ3n) is 2.97. The maximum atomic E-state index is 11.1. The zero-order valence-electron chi connectivity index (χ0n) is 10.8. The quantitative estimate of drug-likeness (QED) is 0.876. The molecule has 0 bridgehead atoms. The van der Waals surface area contributed by atoms with E-state index in [2.05, 4.69) is 15.9 Å². The van der Waals surface area contributed by atoms with Gasteiger partial charge in [0.2, 0.25) is 0 Å². The van der Waals surface area contributed by atoms with Crippen LogP contribution >= 0.6 is 15.9 Å². The van der Waals surface area contributed by atoms with E-state index in [0.717, 1.165) is 10.2 Å². The third-order valence-corrected chi connectivity index (χ3v) is 3.46. The van der Waals surface area contributed by atoms with Gasteiger partial charge in [-0.3, -0.25) is 9.69 Å². The van der Waals surface area contributed by atoms with Crippen LogP contribution < -0.4 is 4.74 Å². The number of likely N-dealkylation sites (N-methyl/N-ethyl adjacent to an activating group) is 1. The molecule has 0 aromatic heterocycles. The number of nitrogens with zero attached hydrogens (tertiary/aromatic N) is 1. The number of carboxylic acid groups (broad SMARTS) is 1. The molecule has 1 N–H and O–H groups in total. The van der Waals surface area contributed by atoms with Crippen molar-refractivity contribution in [3.05, 3.63) is 28.7 Å². The molecule has 100 valence electrons. The molecule has 0 saturated carbocycles. The van der Waals surface area contributed by atoms with E-state index in [-0.39, 0.29) is 0 Å². The molecule has 0 aliphatic rings. The van der Waals surface area contributed by atoms with Crippen LogP contribution in [-0.2, 0) is 4.79 Å². The van der Waals surface area contributed by atoms with Crippen molar-refractivity contribution >= 4 is 21.9 Å². The molecule has 0 unspecified atom stereocenters. The molecular weight excluding hydrogens is 298 g/mol. The number of benzene rings is 1. The molecule has 0 spiro atoms. The van der Waals surface area contributed by atoms with Crippen molar-refractivity contribution in [1.82, 2.24) is 4.90 Å². The third kappa shape index (κ3) is 3.99. The van der Waals surface area contributed by atoms with Crippen molar-refractivity contribution in [2.24, 2.45) is 0 Å². The monoisotopic (exact) mass is 315 g/mol. The Balaban J connectivity index is 2.45. The SMILES string of the molecule is CN(CCOc1cccc(Br)c1)C(C)(C)C(=O)O. The van der Waals surface area contributed by atoms with Crippen LogP contribution in [0.15, 0.2) is 28.7 Å². The Morgan fingerprint density at radius 3 is 2.72 bits per heavy atom. The van der Waals surface area contributed by atoms with Crippen LogP contribution in [0.4, 0.5) is 0 Å². The second-order valence-electron chi connectivity index (χ2n) is 4.59. The van der Waals surface area contributed by atoms with Crippen LogP contribution in [0.1, 0.15) is 13.8 Å². The van der Waals surface area contributed by atoms with E-state index in [1.165, 1.54) is 0 Å². The van der Waals surface area contributed by atoms with E-state index < -0.39 is 11.5 Å². The highest BCUT2D eigenvalue weighted by Crippen LogP contribution is 2.18. The molecule has 1 aromatic rings. The van der Waals surface area contributed by atoms with Crippen LogP contribution in [0, 0.1) is 0 Å². The molecule has 4 nitrogen and oxygen atoms in total. The second kappa shape index (κ2) is 6.20. The Labute approximate surface area is 116 Å². The largest absolute Gasteiger partial charge is 0.492 e. The first kappa shape index (κ1) is 15.0. The van der Waals surface area contributed by atoms with Crippen LogP contribution in [0.3, 0.4) is 0 Å².